The van der Waals surface area contributed by atoms with Crippen LogP contribution >= 0.6 is 15.2 Å². The summed E-state index contributed by atoms with van der Waals surface area (Å²) in [4.78, 5) is 40.3. The molecule has 6 N–H and O–H groups in total. The zero-order valence-corrected chi connectivity index (χ0v) is 17.8. The van der Waals surface area contributed by atoms with Crippen molar-refractivity contribution in [3.8, 4) is 0 Å². The molecule has 0 aliphatic rings. The number of nitrogens with two attached hydrogens (primary N) is 1. The maximum Gasteiger partial charge on any atom is 0.357 e. The van der Waals surface area contributed by atoms with Gasteiger partial charge in [0.25, 0.3) is 0 Å². The van der Waals surface area contributed by atoms with Gasteiger partial charge in [0, 0.05) is 11.1 Å². The highest BCUT2D eigenvalue weighted by molar-refractivity contribution is 7.61. The van der Waals surface area contributed by atoms with Gasteiger partial charge in [-0.25, -0.2) is 0 Å². The molecule has 0 atom stereocenters. The Morgan fingerprint density at radius 2 is 1.26 bits per heavy atom. The normalized spacial score (nSPS) is 12.7. The van der Waals surface area contributed by atoms with Crippen LogP contribution < -0.4 is 16.3 Å². The fraction of sp³-hybridized carbons (Fsp3) is 0.444. The molecule has 27 heavy (non-hydrogen) atoms. The number of aryl methyl sites for hydroxylation is 2. The third-order valence-corrected chi connectivity index (χ3v) is 7.18. The number of hydrogen-bond donors (Lipinski definition) is 5. The quantitative estimate of drug-likeness (QED) is 0.360. The fourth-order valence-corrected chi connectivity index (χ4v) is 6.27. The second-order valence-electron chi connectivity index (χ2n) is 6.51. The maximum atomic E-state index is 12.4. The Kier molecular flexibility index (Phi) is 6.27. The van der Waals surface area contributed by atoms with Crippen LogP contribution in [0.4, 0.5) is 5.69 Å². The van der Waals surface area contributed by atoms with Crippen molar-refractivity contribution >= 4 is 42.3 Å². The minimum atomic E-state index is -4.73. The van der Waals surface area contributed by atoms with E-state index in [4.69, 9.17) is 5.73 Å². The minimum absolute atomic E-state index is 0.153. The summed E-state index contributed by atoms with van der Waals surface area (Å²) in [6, 6.07) is 1.67. The molecule has 0 aliphatic heterocycles. The van der Waals surface area contributed by atoms with Crippen molar-refractivity contribution < 1.29 is 28.7 Å². The van der Waals surface area contributed by atoms with Crippen LogP contribution in [-0.2, 0) is 34.8 Å². The van der Waals surface area contributed by atoms with E-state index in [1.807, 2.05) is 13.8 Å². The molecule has 0 radical (unpaired) electrons. The lowest BCUT2D eigenvalue weighted by Gasteiger charge is -2.25. The summed E-state index contributed by atoms with van der Waals surface area (Å²) in [6.45, 7) is 7.21. The summed E-state index contributed by atoms with van der Waals surface area (Å²) in [7, 11) is -9.46. The zero-order valence-electron chi connectivity index (χ0n) is 16.0. The molecule has 0 saturated carbocycles. The molecule has 0 fully saturated rings. The second-order valence-corrected chi connectivity index (χ2v) is 9.58. The van der Waals surface area contributed by atoms with E-state index >= 15 is 0 Å². The number of rotatable bonds is 6. The lowest BCUT2D eigenvalue weighted by atomic mass is 9.90. The van der Waals surface area contributed by atoms with Crippen LogP contribution in [0.2, 0.25) is 0 Å². The van der Waals surface area contributed by atoms with Crippen molar-refractivity contribution in [1.82, 2.24) is 0 Å². The lowest BCUT2D eigenvalue weighted by molar-refractivity contribution is 0.385. The standard InChI is InChI=1S/C18H27NO6P2/c1-5-10-9-14-15(18(11(10)6-2)27(23,24)25)12(7-3)16(19)13(8-4)17(14)26(20,21)22/h9H,5-8,19H2,1-4H3,(H2,20,21,22)(H2,23,24,25). The summed E-state index contributed by atoms with van der Waals surface area (Å²) in [5.74, 6) is 0. The topological polar surface area (TPSA) is 141 Å². The Labute approximate surface area is 158 Å². The molecule has 2 aromatic carbocycles. The molecule has 0 unspecified atom stereocenters. The Hall–Kier alpha value is -1.20. The van der Waals surface area contributed by atoms with Crippen LogP contribution in [0.25, 0.3) is 10.8 Å². The van der Waals surface area contributed by atoms with Crippen LogP contribution in [0.15, 0.2) is 6.07 Å². The Morgan fingerprint density at radius 1 is 0.778 bits per heavy atom. The van der Waals surface area contributed by atoms with Crippen molar-refractivity contribution in [2.45, 2.75) is 53.4 Å². The van der Waals surface area contributed by atoms with Gasteiger partial charge < -0.3 is 25.3 Å². The van der Waals surface area contributed by atoms with Gasteiger partial charge in [-0.1, -0.05) is 27.7 Å². The van der Waals surface area contributed by atoms with Crippen LogP contribution in [0.3, 0.4) is 0 Å². The van der Waals surface area contributed by atoms with Gasteiger partial charge in [0.05, 0.1) is 10.6 Å². The first-order valence-electron chi connectivity index (χ1n) is 8.97. The van der Waals surface area contributed by atoms with Gasteiger partial charge in [0.1, 0.15) is 0 Å². The van der Waals surface area contributed by atoms with Crippen LogP contribution in [-0.4, -0.2) is 19.6 Å². The molecule has 0 saturated heterocycles. The van der Waals surface area contributed by atoms with E-state index in [0.717, 1.165) is 0 Å². The molecule has 9 heteroatoms. The van der Waals surface area contributed by atoms with Gasteiger partial charge in [0.2, 0.25) is 0 Å². The molecule has 150 valence electrons. The Bertz CT molecular complexity index is 990. The highest BCUT2D eigenvalue weighted by atomic mass is 31.2. The van der Waals surface area contributed by atoms with Gasteiger partial charge in [-0.3, -0.25) is 9.13 Å². The van der Waals surface area contributed by atoms with Gasteiger partial charge in [-0.05, 0) is 59.4 Å². The minimum Gasteiger partial charge on any atom is -0.398 e. The molecule has 0 bridgehead atoms. The molecule has 0 aromatic heterocycles. The molecule has 0 spiro atoms. The predicted molar refractivity (Wildman–Crippen MR) is 109 cm³/mol. The molecule has 2 rings (SSSR count). The van der Waals surface area contributed by atoms with Crippen molar-refractivity contribution in [2.75, 3.05) is 5.73 Å². The van der Waals surface area contributed by atoms with Crippen molar-refractivity contribution in [3.05, 3.63) is 28.3 Å². The average Bonchev–Trinajstić information content (AvgIpc) is 2.57. The van der Waals surface area contributed by atoms with Crippen molar-refractivity contribution in [3.63, 3.8) is 0 Å². The SMILES string of the molecule is CCc1cc2c(P(=O)(O)O)c(CC)c(N)c(CC)c2c(P(=O)(O)O)c1CC. The average molecular weight is 415 g/mol. The summed E-state index contributed by atoms with van der Waals surface area (Å²) < 4.78 is 24.8. The molecule has 0 aliphatic carbocycles. The van der Waals surface area contributed by atoms with E-state index in [1.54, 1.807) is 19.9 Å². The molecular weight excluding hydrogens is 388 g/mol. The number of fused-ring (bicyclic) bond motifs is 1. The third-order valence-electron chi connectivity index (χ3n) is 5.02. The first-order chi connectivity index (χ1) is 12.4. The van der Waals surface area contributed by atoms with Gasteiger partial charge in [-0.2, -0.15) is 0 Å². The first kappa shape index (κ1) is 22.1. The molecule has 7 nitrogen and oxygen atoms in total. The number of benzene rings is 2. The summed E-state index contributed by atoms with van der Waals surface area (Å²) in [5.41, 5.74) is 8.51. The lowest BCUT2D eigenvalue weighted by Crippen LogP contribution is -2.23. The Morgan fingerprint density at radius 3 is 1.63 bits per heavy atom. The van der Waals surface area contributed by atoms with E-state index < -0.39 is 15.2 Å². The third kappa shape index (κ3) is 3.73. The van der Waals surface area contributed by atoms with Gasteiger partial charge in [0.15, 0.2) is 0 Å². The predicted octanol–water partition coefficient (Wildman–Crippen LogP) is 2.28. The van der Waals surface area contributed by atoms with E-state index in [0.29, 0.717) is 47.9 Å². The monoisotopic (exact) mass is 415 g/mol. The Balaban J connectivity index is 3.38. The summed E-state index contributed by atoms with van der Waals surface area (Å²) >= 11 is 0. The highest BCUT2D eigenvalue weighted by Gasteiger charge is 2.34. The molecular formula is C18H27NO6P2. The molecule has 2 aromatic rings. The maximum absolute atomic E-state index is 12.4. The van der Waals surface area contributed by atoms with E-state index in [-0.39, 0.29) is 27.1 Å². The van der Waals surface area contributed by atoms with Gasteiger partial charge in [-0.15, -0.1) is 0 Å². The zero-order chi connectivity index (χ0) is 20.7. The number of nitrogen functional groups attached to an aromatic ring is 1. The van der Waals surface area contributed by atoms with E-state index in [1.165, 1.54) is 0 Å². The highest BCUT2D eigenvalue weighted by Crippen LogP contribution is 2.46. The van der Waals surface area contributed by atoms with Crippen molar-refractivity contribution in [2.24, 2.45) is 0 Å². The smallest absolute Gasteiger partial charge is 0.357 e. The second kappa shape index (κ2) is 7.67. The number of hydrogen-bond acceptors (Lipinski definition) is 3. The van der Waals surface area contributed by atoms with E-state index in [9.17, 15) is 28.7 Å². The van der Waals surface area contributed by atoms with Crippen LogP contribution in [0.5, 0.6) is 0 Å². The summed E-state index contributed by atoms with van der Waals surface area (Å²) in [5, 5.41) is 0.00789. The molecule has 0 amide bonds. The fourth-order valence-electron chi connectivity index (χ4n) is 3.95. The molecule has 0 heterocycles. The summed E-state index contributed by atoms with van der Waals surface area (Å²) in [6.07, 6.45) is 1.57. The van der Waals surface area contributed by atoms with Crippen LogP contribution in [0, 0.1) is 0 Å². The van der Waals surface area contributed by atoms with Gasteiger partial charge >= 0.3 is 15.2 Å². The largest absolute Gasteiger partial charge is 0.398 e. The first-order valence-corrected chi connectivity index (χ1v) is 12.2. The number of anilines is 1. The van der Waals surface area contributed by atoms with Crippen LogP contribution in [0.1, 0.15) is 49.9 Å². The van der Waals surface area contributed by atoms with E-state index in [2.05, 4.69) is 0 Å². The van der Waals surface area contributed by atoms with Crippen molar-refractivity contribution in [1.29, 1.82) is 0 Å².